The lowest BCUT2D eigenvalue weighted by Crippen LogP contribution is -2.71. The number of allylic oxidation sites excluding steroid dienone is 2. The van der Waals surface area contributed by atoms with Crippen LogP contribution in [0.25, 0.3) is 0 Å². The summed E-state index contributed by atoms with van der Waals surface area (Å²) in [6.45, 7) is 15.3. The third-order valence-corrected chi connectivity index (χ3v) is 10.3. The molecule has 7 heteroatoms. The lowest BCUT2D eigenvalue weighted by atomic mass is 9.54. The van der Waals surface area contributed by atoms with Crippen LogP contribution < -0.4 is 0 Å². The summed E-state index contributed by atoms with van der Waals surface area (Å²) in [5.41, 5.74) is -7.01. The number of aliphatic hydroxyl groups excluding tert-OH is 1. The number of aliphatic hydroxyl groups is 2. The smallest absolute Gasteiger partial charge is 0.197 e. The summed E-state index contributed by atoms with van der Waals surface area (Å²) in [7, 11) is 0. The fourth-order valence-corrected chi connectivity index (χ4v) is 9.07. The Morgan fingerprint density at radius 1 is 1.16 bits per heavy atom. The van der Waals surface area contributed by atoms with E-state index in [1.165, 1.54) is 0 Å². The monoisotopic (exact) mass is 510 g/mol. The van der Waals surface area contributed by atoms with Crippen molar-refractivity contribution in [2.75, 3.05) is 0 Å². The Morgan fingerprint density at radius 2 is 1.84 bits per heavy atom. The summed E-state index contributed by atoms with van der Waals surface area (Å²) in [6.07, 6.45) is 3.12. The van der Waals surface area contributed by atoms with Crippen LogP contribution in [-0.2, 0) is 30.3 Å². The van der Waals surface area contributed by atoms with E-state index in [1.807, 2.05) is 70.2 Å². The molecule has 3 saturated heterocycles. The zero-order valence-electron chi connectivity index (χ0n) is 22.6. The second-order valence-electron chi connectivity index (χ2n) is 12.6. The van der Waals surface area contributed by atoms with Crippen molar-refractivity contribution < 1.29 is 34.0 Å². The van der Waals surface area contributed by atoms with Crippen molar-refractivity contribution in [1.29, 1.82) is 0 Å². The molecule has 0 radical (unpaired) electrons. The van der Waals surface area contributed by atoms with Gasteiger partial charge < -0.3 is 29.2 Å². The molecule has 7 nitrogen and oxygen atoms in total. The Morgan fingerprint density at radius 3 is 2.46 bits per heavy atom. The average Bonchev–Trinajstić information content (AvgIpc) is 3.27. The van der Waals surface area contributed by atoms with Crippen LogP contribution in [0.2, 0.25) is 0 Å². The van der Waals surface area contributed by atoms with Crippen LogP contribution in [0.1, 0.15) is 66.4 Å². The van der Waals surface area contributed by atoms with Gasteiger partial charge in [0.2, 0.25) is 0 Å². The van der Waals surface area contributed by atoms with E-state index in [0.717, 1.165) is 11.1 Å². The normalized spacial score (nSPS) is 50.4. The highest BCUT2D eigenvalue weighted by Gasteiger charge is 3.09. The topological polar surface area (TPSA) is 94.5 Å². The van der Waals surface area contributed by atoms with Crippen LogP contribution in [0.5, 0.6) is 0 Å². The Balaban J connectivity index is 1.65. The van der Waals surface area contributed by atoms with Gasteiger partial charge in [-0.2, -0.15) is 0 Å². The maximum Gasteiger partial charge on any atom is 0.197 e. The number of hydrogen-bond donors (Lipinski definition) is 2. The van der Waals surface area contributed by atoms with Gasteiger partial charge in [-0.25, -0.2) is 0 Å². The molecule has 3 aliphatic heterocycles. The molecule has 1 aromatic rings. The number of carbonyl (C=O) groups is 1. The second-order valence-corrected chi connectivity index (χ2v) is 12.6. The van der Waals surface area contributed by atoms with Crippen molar-refractivity contribution in [3.63, 3.8) is 0 Å². The Labute approximate surface area is 218 Å². The van der Waals surface area contributed by atoms with Gasteiger partial charge >= 0.3 is 0 Å². The van der Waals surface area contributed by atoms with Gasteiger partial charge in [0.05, 0.1) is 12.0 Å². The molecule has 3 saturated carbocycles. The Hall–Kier alpha value is -1.87. The van der Waals surface area contributed by atoms with Crippen LogP contribution in [0.15, 0.2) is 54.6 Å². The molecule has 200 valence electrons. The van der Waals surface area contributed by atoms with E-state index < -0.39 is 56.7 Å². The van der Waals surface area contributed by atoms with Crippen molar-refractivity contribution >= 4 is 5.78 Å². The second kappa shape index (κ2) is 7.00. The molecular formula is C30H38O7. The summed E-state index contributed by atoms with van der Waals surface area (Å²) in [4.78, 5) is 14.4. The molecule has 7 rings (SSSR count). The fourth-order valence-electron chi connectivity index (χ4n) is 9.07. The highest BCUT2D eigenvalue weighted by Crippen LogP contribution is 2.90. The molecule has 1 spiro atoms. The number of ether oxygens (including phenoxy) is 4. The van der Waals surface area contributed by atoms with Gasteiger partial charge in [0, 0.05) is 11.8 Å². The minimum atomic E-state index is -1.64. The SMILES string of the molecule is C=C(C)CC[C@@]1(O)C2(/C=C/C)O[C@@]3(OCc4ccccc4)C[C@]1(C)[C@@]14OC(C)(C)OC21C3(C)C(O)C4=O. The lowest BCUT2D eigenvalue weighted by Gasteiger charge is -2.59. The first-order valence-electron chi connectivity index (χ1n) is 13.2. The summed E-state index contributed by atoms with van der Waals surface area (Å²) < 4.78 is 27.3. The molecule has 2 N–H and O–H groups in total. The zero-order chi connectivity index (χ0) is 26.9. The van der Waals surface area contributed by atoms with Crippen molar-refractivity contribution in [1.82, 2.24) is 0 Å². The number of ketones is 1. The van der Waals surface area contributed by atoms with Gasteiger partial charge in [0.1, 0.15) is 11.7 Å². The highest BCUT2D eigenvalue weighted by molar-refractivity contribution is 6.02. The van der Waals surface area contributed by atoms with Gasteiger partial charge in [0.25, 0.3) is 0 Å². The molecule has 3 heterocycles. The molecule has 0 aromatic heterocycles. The summed E-state index contributed by atoms with van der Waals surface area (Å²) in [6, 6.07) is 9.71. The maximum atomic E-state index is 14.4. The Bertz CT molecular complexity index is 1230. The molecule has 1 aromatic carbocycles. The molecule has 4 unspecified atom stereocenters. The largest absolute Gasteiger partial charge is 0.386 e. The first-order chi connectivity index (χ1) is 17.2. The van der Waals surface area contributed by atoms with Crippen LogP contribution >= 0.6 is 0 Å². The number of Topliss-reactive ketones (excluding diaryl/α,β-unsaturated/α-hetero) is 1. The van der Waals surface area contributed by atoms with Gasteiger partial charge in [0.15, 0.2) is 34.2 Å². The third kappa shape index (κ3) is 2.25. The predicted octanol–water partition coefficient (Wildman–Crippen LogP) is 3.97. The minimum absolute atomic E-state index is 0.152. The summed E-state index contributed by atoms with van der Waals surface area (Å²) in [5.74, 6) is -3.06. The minimum Gasteiger partial charge on any atom is -0.386 e. The summed E-state index contributed by atoms with van der Waals surface area (Å²) >= 11 is 0. The van der Waals surface area contributed by atoms with Crippen LogP contribution in [0.3, 0.4) is 0 Å². The van der Waals surface area contributed by atoms with E-state index in [2.05, 4.69) is 6.58 Å². The van der Waals surface area contributed by atoms with E-state index in [9.17, 15) is 15.0 Å². The van der Waals surface area contributed by atoms with Crippen molar-refractivity contribution in [2.45, 2.75) is 107 Å². The Kier molecular flexibility index (Phi) is 4.81. The number of hydrogen-bond acceptors (Lipinski definition) is 7. The van der Waals surface area contributed by atoms with E-state index in [1.54, 1.807) is 13.8 Å². The molecule has 6 fully saturated rings. The number of carbonyl (C=O) groups excluding carboxylic acids is 1. The lowest BCUT2D eigenvalue weighted by molar-refractivity contribution is -0.377. The van der Waals surface area contributed by atoms with Crippen molar-refractivity contribution in [3.05, 3.63) is 60.2 Å². The molecule has 0 amide bonds. The van der Waals surface area contributed by atoms with Gasteiger partial charge in [-0.15, -0.1) is 6.58 Å². The van der Waals surface area contributed by atoms with Crippen LogP contribution in [-0.4, -0.2) is 56.1 Å². The highest BCUT2D eigenvalue weighted by atomic mass is 16.8. The van der Waals surface area contributed by atoms with Gasteiger partial charge in [-0.05, 0) is 53.0 Å². The standard InChI is InChI=1S/C30H38O7/c1-8-15-27-26(33,16-14-19(2)3)24(6)18-28(37-27,34-17-20-12-10-9-11-13-20)25(7)21(31)22(32)29(24)30(25,27)36-23(4,5)35-29/h8-13,15,21,31,33H,2,14,16-18H2,1,3-7H3/b15-8+/t21?,24-,25?,26-,27?,28-,29+,30?/m0/s1. The van der Waals surface area contributed by atoms with Gasteiger partial charge in [-0.3, -0.25) is 4.79 Å². The van der Waals surface area contributed by atoms with E-state index >= 15 is 0 Å². The number of benzene rings is 1. The molecule has 6 bridgehead atoms. The van der Waals surface area contributed by atoms with Crippen molar-refractivity contribution in [2.24, 2.45) is 10.8 Å². The van der Waals surface area contributed by atoms with Gasteiger partial charge in [-0.1, -0.05) is 55.0 Å². The molecular weight excluding hydrogens is 472 g/mol. The zero-order valence-corrected chi connectivity index (χ0v) is 22.6. The fraction of sp³-hybridized carbons (Fsp3) is 0.633. The molecule has 37 heavy (non-hydrogen) atoms. The molecule has 8 atom stereocenters. The quantitative estimate of drug-likeness (QED) is 0.536. The van der Waals surface area contributed by atoms with E-state index in [-0.39, 0.29) is 19.4 Å². The first-order valence-corrected chi connectivity index (χ1v) is 13.2. The predicted molar refractivity (Wildman–Crippen MR) is 135 cm³/mol. The van der Waals surface area contributed by atoms with Crippen molar-refractivity contribution in [3.8, 4) is 0 Å². The van der Waals surface area contributed by atoms with Crippen LogP contribution in [0, 0.1) is 10.8 Å². The third-order valence-electron chi connectivity index (χ3n) is 10.3. The first kappa shape index (κ1) is 25.4. The summed E-state index contributed by atoms with van der Waals surface area (Å²) in [5, 5.41) is 24.7. The average molecular weight is 511 g/mol. The molecule has 6 aliphatic rings. The maximum absolute atomic E-state index is 14.4. The number of rotatable bonds is 7. The molecule has 3 aliphatic carbocycles. The van der Waals surface area contributed by atoms with E-state index in [4.69, 9.17) is 18.9 Å². The van der Waals surface area contributed by atoms with E-state index in [0.29, 0.717) is 6.42 Å². The van der Waals surface area contributed by atoms with Crippen LogP contribution in [0.4, 0.5) is 0 Å².